The Labute approximate surface area is 136 Å². The molecule has 0 radical (unpaired) electrons. The highest BCUT2D eigenvalue weighted by atomic mass is 14.4. The number of hydrogen-bond donors (Lipinski definition) is 0. The summed E-state index contributed by atoms with van der Waals surface area (Å²) in [5.41, 5.74) is 3.29. The first-order valence-corrected chi connectivity index (χ1v) is 10.0. The third kappa shape index (κ3) is 2.99. The maximum atomic E-state index is 2.51. The van der Waals surface area contributed by atoms with Crippen LogP contribution in [0.5, 0.6) is 0 Å². The van der Waals surface area contributed by atoms with E-state index in [1.54, 1.807) is 11.1 Å². The molecule has 0 bridgehead atoms. The monoisotopic (exact) mass is 296 g/mol. The number of hydrogen-bond acceptors (Lipinski definition) is 0. The number of rotatable bonds is 2. The largest absolute Gasteiger partial charge is 0.0585 e. The van der Waals surface area contributed by atoms with Gasteiger partial charge in [0.15, 0.2) is 0 Å². The summed E-state index contributed by atoms with van der Waals surface area (Å²) < 4.78 is 0. The third-order valence-electron chi connectivity index (χ3n) is 7.02. The highest BCUT2D eigenvalue weighted by Gasteiger charge is 2.35. The topological polar surface area (TPSA) is 0 Å². The van der Waals surface area contributed by atoms with E-state index in [1.807, 2.05) is 0 Å². The van der Waals surface area contributed by atoms with Gasteiger partial charge in [0.1, 0.15) is 0 Å². The highest BCUT2D eigenvalue weighted by Crippen LogP contribution is 2.48. The molecule has 0 heteroatoms. The first-order chi connectivity index (χ1) is 10.9. The van der Waals surface area contributed by atoms with Crippen LogP contribution in [0.25, 0.3) is 0 Å². The summed E-state index contributed by atoms with van der Waals surface area (Å²) in [6.07, 6.45) is 17.6. The lowest BCUT2D eigenvalue weighted by Crippen LogP contribution is -2.29. The summed E-state index contributed by atoms with van der Waals surface area (Å²) in [6, 6.07) is 9.98. The van der Waals surface area contributed by atoms with Gasteiger partial charge in [-0.3, -0.25) is 0 Å². The quantitative estimate of drug-likeness (QED) is 0.562. The molecule has 3 atom stereocenters. The molecule has 0 aromatic heterocycles. The fraction of sp³-hybridized carbons (Fsp3) is 0.727. The van der Waals surface area contributed by atoms with E-state index in [9.17, 15) is 0 Å². The summed E-state index contributed by atoms with van der Waals surface area (Å²) in [5, 5.41) is 0. The SMILES string of the molecule is c1cc(C2CCCC3CCCCC32)ccc1C1CCCCC1. The Morgan fingerprint density at radius 3 is 2.00 bits per heavy atom. The Balaban J connectivity index is 1.49. The van der Waals surface area contributed by atoms with Crippen molar-refractivity contribution in [2.75, 3.05) is 0 Å². The van der Waals surface area contributed by atoms with Crippen molar-refractivity contribution < 1.29 is 0 Å². The van der Waals surface area contributed by atoms with Crippen molar-refractivity contribution >= 4 is 0 Å². The van der Waals surface area contributed by atoms with Gasteiger partial charge in [0, 0.05) is 0 Å². The molecule has 0 N–H and O–H groups in total. The molecule has 22 heavy (non-hydrogen) atoms. The van der Waals surface area contributed by atoms with Gasteiger partial charge in [-0.05, 0) is 60.5 Å². The van der Waals surface area contributed by atoms with Gasteiger partial charge in [-0.1, -0.05) is 75.6 Å². The van der Waals surface area contributed by atoms with Crippen LogP contribution in [0.2, 0.25) is 0 Å². The maximum Gasteiger partial charge on any atom is -0.0131 e. The molecule has 3 aliphatic carbocycles. The van der Waals surface area contributed by atoms with E-state index in [2.05, 4.69) is 24.3 Å². The van der Waals surface area contributed by atoms with Crippen molar-refractivity contribution in [3.63, 3.8) is 0 Å². The number of benzene rings is 1. The maximum absolute atomic E-state index is 2.51. The molecule has 0 saturated heterocycles. The fourth-order valence-corrected chi connectivity index (χ4v) is 5.80. The van der Waals surface area contributed by atoms with Crippen LogP contribution in [-0.2, 0) is 0 Å². The van der Waals surface area contributed by atoms with E-state index >= 15 is 0 Å². The van der Waals surface area contributed by atoms with Gasteiger partial charge in [0.2, 0.25) is 0 Å². The summed E-state index contributed by atoms with van der Waals surface area (Å²) in [4.78, 5) is 0. The molecule has 120 valence electrons. The molecule has 3 fully saturated rings. The zero-order valence-electron chi connectivity index (χ0n) is 14.1. The molecule has 1 aromatic rings. The van der Waals surface area contributed by atoms with Gasteiger partial charge in [-0.15, -0.1) is 0 Å². The van der Waals surface area contributed by atoms with E-state index in [0.717, 1.165) is 23.7 Å². The molecular formula is C22H32. The highest BCUT2D eigenvalue weighted by molar-refractivity contribution is 5.29. The lowest BCUT2D eigenvalue weighted by molar-refractivity contribution is 0.144. The first kappa shape index (κ1) is 14.8. The molecule has 1 aromatic carbocycles. The molecule has 3 unspecified atom stereocenters. The summed E-state index contributed by atoms with van der Waals surface area (Å²) in [6.45, 7) is 0. The van der Waals surface area contributed by atoms with E-state index < -0.39 is 0 Å². The first-order valence-electron chi connectivity index (χ1n) is 10.0. The predicted molar refractivity (Wildman–Crippen MR) is 94.3 cm³/mol. The average molecular weight is 296 g/mol. The van der Waals surface area contributed by atoms with Gasteiger partial charge < -0.3 is 0 Å². The molecule has 0 aliphatic heterocycles. The Kier molecular flexibility index (Phi) is 4.55. The second kappa shape index (κ2) is 6.77. The lowest BCUT2D eigenvalue weighted by atomic mass is 9.63. The lowest BCUT2D eigenvalue weighted by Gasteiger charge is -2.41. The molecule has 0 heterocycles. The number of fused-ring (bicyclic) bond motifs is 1. The second-order valence-corrected chi connectivity index (χ2v) is 8.25. The minimum absolute atomic E-state index is 0.858. The van der Waals surface area contributed by atoms with Crippen LogP contribution in [0.1, 0.15) is 100 Å². The minimum Gasteiger partial charge on any atom is -0.0585 e. The normalized spacial score (nSPS) is 33.4. The summed E-state index contributed by atoms with van der Waals surface area (Å²) in [7, 11) is 0. The van der Waals surface area contributed by atoms with E-state index in [1.165, 1.54) is 77.0 Å². The molecule has 0 spiro atoms. The third-order valence-corrected chi connectivity index (χ3v) is 7.02. The van der Waals surface area contributed by atoms with Gasteiger partial charge in [0.05, 0.1) is 0 Å². The van der Waals surface area contributed by atoms with Crippen LogP contribution < -0.4 is 0 Å². The zero-order valence-corrected chi connectivity index (χ0v) is 14.1. The molecule has 0 amide bonds. The summed E-state index contributed by atoms with van der Waals surface area (Å²) >= 11 is 0. The Morgan fingerprint density at radius 2 is 1.18 bits per heavy atom. The van der Waals surface area contributed by atoms with Gasteiger partial charge >= 0.3 is 0 Å². The molecular weight excluding hydrogens is 264 g/mol. The van der Waals surface area contributed by atoms with E-state index in [0.29, 0.717) is 0 Å². The van der Waals surface area contributed by atoms with Crippen molar-refractivity contribution in [3.05, 3.63) is 35.4 Å². The van der Waals surface area contributed by atoms with Crippen molar-refractivity contribution in [1.82, 2.24) is 0 Å². The van der Waals surface area contributed by atoms with E-state index in [-0.39, 0.29) is 0 Å². The van der Waals surface area contributed by atoms with Crippen LogP contribution in [0.4, 0.5) is 0 Å². The van der Waals surface area contributed by atoms with Crippen molar-refractivity contribution in [1.29, 1.82) is 0 Å². The van der Waals surface area contributed by atoms with Gasteiger partial charge in [0.25, 0.3) is 0 Å². The van der Waals surface area contributed by atoms with Crippen LogP contribution in [0, 0.1) is 11.8 Å². The fourth-order valence-electron chi connectivity index (χ4n) is 5.80. The smallest absolute Gasteiger partial charge is 0.0131 e. The van der Waals surface area contributed by atoms with Crippen LogP contribution in [-0.4, -0.2) is 0 Å². The second-order valence-electron chi connectivity index (χ2n) is 8.25. The van der Waals surface area contributed by atoms with Crippen LogP contribution in [0.3, 0.4) is 0 Å². The molecule has 3 aliphatic rings. The van der Waals surface area contributed by atoms with Crippen molar-refractivity contribution in [3.8, 4) is 0 Å². The van der Waals surface area contributed by atoms with Crippen LogP contribution >= 0.6 is 0 Å². The predicted octanol–water partition coefficient (Wildman–Crippen LogP) is 6.81. The minimum atomic E-state index is 0.858. The van der Waals surface area contributed by atoms with Gasteiger partial charge in [-0.25, -0.2) is 0 Å². The van der Waals surface area contributed by atoms with Gasteiger partial charge in [-0.2, -0.15) is 0 Å². The standard InChI is InChI=1S/C22H32/c1-2-7-17(8-3-1)18-13-15-20(16-14-18)22-12-6-10-19-9-4-5-11-21(19)22/h13-17,19,21-22H,1-12H2. The van der Waals surface area contributed by atoms with Crippen LogP contribution in [0.15, 0.2) is 24.3 Å². The Bertz CT molecular complexity index is 463. The Hall–Kier alpha value is -0.780. The zero-order chi connectivity index (χ0) is 14.8. The van der Waals surface area contributed by atoms with Crippen molar-refractivity contribution in [2.45, 2.75) is 88.9 Å². The molecule has 0 nitrogen and oxygen atoms in total. The molecule has 4 rings (SSSR count). The van der Waals surface area contributed by atoms with Crippen molar-refractivity contribution in [2.24, 2.45) is 11.8 Å². The average Bonchev–Trinajstić information content (AvgIpc) is 2.62. The Morgan fingerprint density at radius 1 is 0.545 bits per heavy atom. The molecule has 3 saturated carbocycles. The summed E-state index contributed by atoms with van der Waals surface area (Å²) in [5.74, 6) is 3.78. The van der Waals surface area contributed by atoms with E-state index in [4.69, 9.17) is 0 Å².